The number of rotatable bonds is 6. The second-order valence-corrected chi connectivity index (χ2v) is 5.26. The van der Waals surface area contributed by atoms with Gasteiger partial charge >= 0.3 is 11.9 Å². The molecule has 0 saturated heterocycles. The second kappa shape index (κ2) is 6.02. The highest BCUT2D eigenvalue weighted by Gasteiger charge is 2.39. The third-order valence-corrected chi connectivity index (χ3v) is 3.56. The minimum absolute atomic E-state index is 0.127. The van der Waals surface area contributed by atoms with Crippen molar-refractivity contribution in [3.05, 3.63) is 23.8 Å². The molecule has 0 fully saturated rings. The molecule has 1 aliphatic carbocycles. The second-order valence-electron chi connectivity index (χ2n) is 5.26. The molecule has 2 unspecified atom stereocenters. The van der Waals surface area contributed by atoms with Gasteiger partial charge in [0.15, 0.2) is 5.60 Å². The van der Waals surface area contributed by atoms with E-state index >= 15 is 0 Å². The lowest BCUT2D eigenvalue weighted by Gasteiger charge is -2.27. The first-order chi connectivity index (χ1) is 8.74. The summed E-state index contributed by atoms with van der Waals surface area (Å²) in [7, 11) is 0. The van der Waals surface area contributed by atoms with Gasteiger partial charge in [-0.3, -0.25) is 4.79 Å². The van der Waals surface area contributed by atoms with Gasteiger partial charge in [0.1, 0.15) is 0 Å². The number of allylic oxidation sites excluding steroid dienone is 2. The van der Waals surface area contributed by atoms with Gasteiger partial charge in [-0.15, -0.1) is 0 Å². The lowest BCUT2D eigenvalue weighted by Crippen LogP contribution is -2.41. The first-order valence-corrected chi connectivity index (χ1v) is 6.25. The van der Waals surface area contributed by atoms with Crippen LogP contribution in [0.3, 0.4) is 0 Å². The van der Waals surface area contributed by atoms with Gasteiger partial charge in [-0.1, -0.05) is 23.8 Å². The molecule has 0 spiro atoms. The lowest BCUT2D eigenvalue weighted by atomic mass is 9.81. The van der Waals surface area contributed by atoms with Crippen molar-refractivity contribution in [2.75, 3.05) is 0 Å². The summed E-state index contributed by atoms with van der Waals surface area (Å²) in [5.41, 5.74) is -0.314. The number of aliphatic carboxylic acids is 2. The van der Waals surface area contributed by atoms with E-state index in [0.717, 1.165) is 24.0 Å². The van der Waals surface area contributed by atoms with Crippen LogP contribution in [0.25, 0.3) is 0 Å². The third kappa shape index (κ3) is 4.21. The predicted molar refractivity (Wildman–Crippen MR) is 69.7 cm³/mol. The molecule has 0 radical (unpaired) electrons. The third-order valence-electron chi connectivity index (χ3n) is 3.56. The van der Waals surface area contributed by atoms with Crippen LogP contribution in [0.5, 0.6) is 0 Å². The molecular weight excluding hydrogens is 248 g/mol. The summed E-state index contributed by atoms with van der Waals surface area (Å²) in [6.07, 6.45) is 3.30. The Hall–Kier alpha value is -1.62. The highest BCUT2D eigenvalue weighted by atomic mass is 16.4. The minimum Gasteiger partial charge on any atom is -0.481 e. The Morgan fingerprint density at radius 3 is 2.47 bits per heavy atom. The Morgan fingerprint density at radius 2 is 2.11 bits per heavy atom. The van der Waals surface area contributed by atoms with Crippen LogP contribution < -0.4 is 0 Å². The number of hydrogen-bond acceptors (Lipinski definition) is 3. The van der Waals surface area contributed by atoms with Crippen molar-refractivity contribution in [3.63, 3.8) is 0 Å². The molecule has 1 rings (SSSR count). The first-order valence-electron chi connectivity index (χ1n) is 6.25. The van der Waals surface area contributed by atoms with Crippen LogP contribution in [0.4, 0.5) is 0 Å². The van der Waals surface area contributed by atoms with Crippen LogP contribution in [-0.2, 0) is 9.59 Å². The van der Waals surface area contributed by atoms with Gasteiger partial charge in [-0.2, -0.15) is 0 Å². The van der Waals surface area contributed by atoms with Crippen LogP contribution in [0.15, 0.2) is 23.8 Å². The molecule has 0 bridgehead atoms. The molecule has 3 N–H and O–H groups in total. The van der Waals surface area contributed by atoms with Crippen molar-refractivity contribution in [3.8, 4) is 0 Å². The van der Waals surface area contributed by atoms with E-state index < -0.39 is 24.0 Å². The maximum atomic E-state index is 11.0. The topological polar surface area (TPSA) is 94.8 Å². The molecule has 0 amide bonds. The zero-order valence-electron chi connectivity index (χ0n) is 11.1. The maximum absolute atomic E-state index is 11.0. The van der Waals surface area contributed by atoms with Crippen LogP contribution >= 0.6 is 0 Å². The quantitative estimate of drug-likeness (QED) is 0.640. The average Bonchev–Trinajstić information content (AvgIpc) is 2.28. The van der Waals surface area contributed by atoms with Gasteiger partial charge in [0.05, 0.1) is 6.42 Å². The normalized spacial score (nSPS) is 22.2. The highest BCUT2D eigenvalue weighted by Crippen LogP contribution is 2.33. The zero-order chi connectivity index (χ0) is 14.6. The van der Waals surface area contributed by atoms with Gasteiger partial charge in [-0.05, 0) is 32.1 Å². The molecule has 0 aromatic rings. The van der Waals surface area contributed by atoms with E-state index in [-0.39, 0.29) is 6.42 Å². The summed E-state index contributed by atoms with van der Waals surface area (Å²) >= 11 is 0. The van der Waals surface area contributed by atoms with Crippen LogP contribution in [0, 0.1) is 5.92 Å². The zero-order valence-corrected chi connectivity index (χ0v) is 11.1. The molecule has 19 heavy (non-hydrogen) atoms. The molecule has 0 saturated carbocycles. The van der Waals surface area contributed by atoms with Crippen LogP contribution in [0.1, 0.15) is 39.0 Å². The fourth-order valence-electron chi connectivity index (χ4n) is 2.34. The van der Waals surface area contributed by atoms with Gasteiger partial charge in [0.2, 0.25) is 0 Å². The number of carboxylic acid groups (broad SMARTS) is 2. The van der Waals surface area contributed by atoms with Gasteiger partial charge < -0.3 is 15.3 Å². The Labute approximate surface area is 112 Å². The number of hydrogen-bond donors (Lipinski definition) is 3. The predicted octanol–water partition coefficient (Wildman–Crippen LogP) is 1.97. The SMILES string of the molecule is C=C(C)C1CC=C(CC(O)(CC(=O)O)C(=O)O)CC1. The number of aliphatic hydroxyl groups is 1. The van der Waals surface area contributed by atoms with E-state index in [1.54, 1.807) is 0 Å². The van der Waals surface area contributed by atoms with E-state index in [9.17, 15) is 14.7 Å². The molecule has 5 nitrogen and oxygen atoms in total. The fraction of sp³-hybridized carbons (Fsp3) is 0.571. The minimum atomic E-state index is -2.21. The summed E-state index contributed by atoms with van der Waals surface area (Å²) in [6, 6.07) is 0. The van der Waals surface area contributed by atoms with Gasteiger partial charge in [0.25, 0.3) is 0 Å². The summed E-state index contributed by atoms with van der Waals surface area (Å²) < 4.78 is 0. The van der Waals surface area contributed by atoms with Crippen LogP contribution in [0.2, 0.25) is 0 Å². The van der Waals surface area contributed by atoms with Crippen molar-refractivity contribution in [1.29, 1.82) is 0 Å². The Balaban J connectivity index is 2.74. The summed E-state index contributed by atoms with van der Waals surface area (Å²) in [4.78, 5) is 21.7. The van der Waals surface area contributed by atoms with E-state index in [0.29, 0.717) is 12.3 Å². The standard InChI is InChI=1S/C14H20O5/c1-9(2)11-5-3-10(4-6-11)7-14(19,13(17)18)8-12(15)16/h3,11,19H,1,4-8H2,2H3,(H,15,16)(H,17,18). The van der Waals surface area contributed by atoms with Crippen molar-refractivity contribution in [2.45, 2.75) is 44.6 Å². The monoisotopic (exact) mass is 268 g/mol. The lowest BCUT2D eigenvalue weighted by molar-refractivity contribution is -0.165. The van der Waals surface area contributed by atoms with Crippen molar-refractivity contribution in [2.24, 2.45) is 5.92 Å². The van der Waals surface area contributed by atoms with Gasteiger partial charge in [-0.25, -0.2) is 4.79 Å². The molecular formula is C14H20O5. The van der Waals surface area contributed by atoms with E-state index in [2.05, 4.69) is 6.58 Å². The molecule has 2 atom stereocenters. The largest absolute Gasteiger partial charge is 0.481 e. The molecule has 0 aromatic carbocycles. The molecule has 1 aliphatic rings. The number of carbonyl (C=O) groups is 2. The average molecular weight is 268 g/mol. The highest BCUT2D eigenvalue weighted by molar-refractivity contribution is 5.84. The summed E-state index contributed by atoms with van der Waals surface area (Å²) in [6.45, 7) is 5.86. The van der Waals surface area contributed by atoms with E-state index in [4.69, 9.17) is 10.2 Å². The van der Waals surface area contributed by atoms with Crippen LogP contribution in [-0.4, -0.2) is 32.9 Å². The Morgan fingerprint density at radius 1 is 1.47 bits per heavy atom. The fourth-order valence-corrected chi connectivity index (χ4v) is 2.34. The first kappa shape index (κ1) is 15.4. The molecule has 0 heterocycles. The van der Waals surface area contributed by atoms with Crippen molar-refractivity contribution < 1.29 is 24.9 Å². The van der Waals surface area contributed by atoms with Gasteiger partial charge in [0, 0.05) is 6.42 Å². The molecule has 0 aliphatic heterocycles. The Kier molecular flexibility index (Phi) is 4.89. The molecule has 5 heteroatoms. The van der Waals surface area contributed by atoms with E-state index in [1.165, 1.54) is 0 Å². The molecule has 106 valence electrons. The van der Waals surface area contributed by atoms with Crippen molar-refractivity contribution >= 4 is 11.9 Å². The molecule has 0 aromatic heterocycles. The van der Waals surface area contributed by atoms with E-state index in [1.807, 2.05) is 13.0 Å². The maximum Gasteiger partial charge on any atom is 0.336 e. The number of carboxylic acids is 2. The Bertz CT molecular complexity index is 424. The summed E-state index contributed by atoms with van der Waals surface area (Å²) in [5, 5.41) is 27.6. The summed E-state index contributed by atoms with van der Waals surface area (Å²) in [5.74, 6) is -2.42. The smallest absolute Gasteiger partial charge is 0.336 e. The van der Waals surface area contributed by atoms with Crippen molar-refractivity contribution in [1.82, 2.24) is 0 Å².